The quantitative estimate of drug-likeness (QED) is 0.471. The van der Waals surface area contributed by atoms with Crippen LogP contribution in [0.15, 0.2) is 0 Å². The van der Waals surface area contributed by atoms with E-state index in [1.165, 1.54) is 0 Å². The van der Waals surface area contributed by atoms with Gasteiger partial charge in [-0.3, -0.25) is 0 Å². The molecule has 8 heavy (non-hydrogen) atoms. The lowest BCUT2D eigenvalue weighted by molar-refractivity contribution is 1.11. The summed E-state index contributed by atoms with van der Waals surface area (Å²) in [6, 6.07) is 0. The zero-order valence-electron chi connectivity index (χ0n) is 4.31. The Morgan fingerprint density at radius 1 is 1.75 bits per heavy atom. The zero-order chi connectivity index (χ0) is 5.70. The van der Waals surface area contributed by atoms with E-state index in [-0.39, 0.29) is 23.1 Å². The van der Waals surface area contributed by atoms with E-state index in [1.807, 2.05) is 0 Å². The van der Waals surface area contributed by atoms with E-state index in [9.17, 15) is 0 Å². The lowest BCUT2D eigenvalue weighted by atomic mass is 10.6. The third-order valence-electron chi connectivity index (χ3n) is 0.448. The molecule has 0 aromatic rings. The van der Waals surface area contributed by atoms with Gasteiger partial charge in [-0.2, -0.15) is 0 Å². The fourth-order valence-corrected chi connectivity index (χ4v) is 0.858. The van der Waals surface area contributed by atoms with Crippen LogP contribution in [0.3, 0.4) is 0 Å². The van der Waals surface area contributed by atoms with Crippen molar-refractivity contribution in [2.45, 2.75) is 13.3 Å². The molecule has 0 rings (SSSR count). The van der Waals surface area contributed by atoms with Gasteiger partial charge in [0.2, 0.25) is 0 Å². The normalized spacial score (nSPS) is 7.62. The molecule has 1 nitrogen and oxygen atoms in total. The third kappa shape index (κ3) is 10.1. The zero-order valence-corrected chi connectivity index (χ0v) is 5.94. The number of thioether (sulfide) groups is 1. The molecule has 0 atom stereocenters. The molecule has 46 valence electrons. The molecule has 0 radical (unpaired) electrons. The number of hydrogen-bond acceptors (Lipinski definition) is 2. The second-order valence-electron chi connectivity index (χ2n) is 1.17. The van der Waals surface area contributed by atoms with Crippen molar-refractivity contribution in [3.05, 3.63) is 0 Å². The van der Waals surface area contributed by atoms with Crippen LogP contribution in [0.5, 0.6) is 0 Å². The van der Waals surface area contributed by atoms with Crippen LogP contribution in [-0.4, -0.2) is 33.1 Å². The first-order valence-electron chi connectivity index (χ1n) is 2.19. The summed E-state index contributed by atoms with van der Waals surface area (Å²) in [7, 11) is 0. The maximum atomic E-state index is 5.17. The summed E-state index contributed by atoms with van der Waals surface area (Å²) in [5.41, 5.74) is 5.17. The van der Waals surface area contributed by atoms with E-state index in [0.29, 0.717) is 4.32 Å². The molecule has 0 fully saturated rings. The molecule has 0 aliphatic heterocycles. The topological polar surface area (TPSA) is 26.0 Å². The highest BCUT2D eigenvalue weighted by atomic mass is 32.2. The van der Waals surface area contributed by atoms with Gasteiger partial charge in [0, 0.05) is 0 Å². The Hall–Kier alpha value is 1.01. The highest BCUT2D eigenvalue weighted by molar-refractivity contribution is 8.22. The Kier molecular flexibility index (Phi) is 11.8. The fraction of sp³-hybridized carbons (Fsp3) is 0.750. The van der Waals surface area contributed by atoms with Crippen molar-refractivity contribution in [3.8, 4) is 0 Å². The van der Waals surface area contributed by atoms with E-state index in [0.717, 1.165) is 12.2 Å². The molecule has 0 saturated heterocycles. The Morgan fingerprint density at radius 2 is 2.25 bits per heavy atom. The van der Waals surface area contributed by atoms with Crippen LogP contribution in [0, 0.1) is 0 Å². The Balaban J connectivity index is 0. The van der Waals surface area contributed by atoms with Crippen LogP contribution in [0.25, 0.3) is 0 Å². The van der Waals surface area contributed by atoms with Gasteiger partial charge >= 0.3 is 23.1 Å². The molecule has 4 heteroatoms. The Bertz CT molecular complexity index is 67.1. The van der Waals surface area contributed by atoms with E-state index >= 15 is 0 Å². The number of rotatable bonds is 2. The van der Waals surface area contributed by atoms with Gasteiger partial charge in [-0.05, 0) is 12.2 Å². The molecule has 0 aliphatic carbocycles. The largest absolute Gasteiger partial charge is 0.385 e. The van der Waals surface area contributed by atoms with Crippen molar-refractivity contribution in [2.24, 2.45) is 5.73 Å². The second-order valence-corrected chi connectivity index (χ2v) is 3.00. The molecular weight excluding hydrogens is 150 g/mol. The average molecular weight is 162 g/mol. The number of hydrogen-bond donors (Lipinski definition) is 1. The predicted octanol–water partition coefficient (Wildman–Crippen LogP) is 0.457. The van der Waals surface area contributed by atoms with E-state index in [2.05, 4.69) is 19.1 Å². The number of nitrogens with two attached hydrogens (primary N) is 1. The van der Waals surface area contributed by atoms with Gasteiger partial charge in [0.05, 0.1) is 0 Å². The summed E-state index contributed by atoms with van der Waals surface area (Å²) in [6.45, 7) is 2.10. The number of thiocarbonyl (C=S) groups is 1. The Labute approximate surface area is 75.9 Å². The van der Waals surface area contributed by atoms with Crippen LogP contribution >= 0.6 is 24.0 Å². The summed E-state index contributed by atoms with van der Waals surface area (Å²) in [6.07, 6.45) is 1.14. The van der Waals surface area contributed by atoms with Gasteiger partial charge in [0.25, 0.3) is 0 Å². The molecule has 0 bridgehead atoms. The second kappa shape index (κ2) is 8.01. The van der Waals surface area contributed by atoms with Gasteiger partial charge in [-0.25, -0.2) is 0 Å². The van der Waals surface area contributed by atoms with Crippen molar-refractivity contribution in [3.63, 3.8) is 0 Å². The molecular formula is C4H11MgNS2. The van der Waals surface area contributed by atoms with Gasteiger partial charge in [-0.1, -0.05) is 30.9 Å². The molecule has 0 aliphatic rings. The van der Waals surface area contributed by atoms with E-state index in [4.69, 9.17) is 5.73 Å². The molecule has 0 heterocycles. The molecule has 0 saturated carbocycles. The van der Waals surface area contributed by atoms with E-state index in [1.54, 1.807) is 11.8 Å². The smallest absolute Gasteiger partial charge is 0.316 e. The van der Waals surface area contributed by atoms with E-state index < -0.39 is 0 Å². The standard InChI is InChI=1S/C4H9NS2.Mg.2H/c1-2-3-7-4(5)6;;;/h2-3H2,1H3,(H2,5,6);;;. The third-order valence-corrected chi connectivity index (χ3v) is 1.70. The van der Waals surface area contributed by atoms with Crippen molar-refractivity contribution in [2.75, 3.05) is 5.75 Å². The minimum Gasteiger partial charge on any atom is -0.385 e. The summed E-state index contributed by atoms with van der Waals surface area (Å²) in [4.78, 5) is 0. The summed E-state index contributed by atoms with van der Waals surface area (Å²) in [5, 5.41) is 0. The van der Waals surface area contributed by atoms with Crippen LogP contribution in [-0.2, 0) is 0 Å². The highest BCUT2D eigenvalue weighted by Gasteiger charge is 1.84. The molecule has 0 aromatic heterocycles. The highest BCUT2D eigenvalue weighted by Crippen LogP contribution is 1.99. The monoisotopic (exact) mass is 161 g/mol. The minimum atomic E-state index is 0. The molecule has 0 unspecified atom stereocenters. The van der Waals surface area contributed by atoms with Gasteiger partial charge in [-0.15, -0.1) is 0 Å². The summed E-state index contributed by atoms with van der Waals surface area (Å²) in [5.74, 6) is 1.05. The predicted molar refractivity (Wildman–Crippen MR) is 48.1 cm³/mol. The van der Waals surface area contributed by atoms with Crippen LogP contribution < -0.4 is 5.73 Å². The Morgan fingerprint density at radius 3 is 2.38 bits per heavy atom. The molecule has 0 spiro atoms. The van der Waals surface area contributed by atoms with Crippen LogP contribution in [0.1, 0.15) is 13.3 Å². The summed E-state index contributed by atoms with van der Waals surface area (Å²) < 4.78 is 0.557. The van der Waals surface area contributed by atoms with Crippen molar-refractivity contribution in [1.29, 1.82) is 0 Å². The maximum Gasteiger partial charge on any atom is 0.316 e. The van der Waals surface area contributed by atoms with Gasteiger partial charge in [0.15, 0.2) is 0 Å². The molecule has 2 N–H and O–H groups in total. The van der Waals surface area contributed by atoms with Crippen LogP contribution in [0.2, 0.25) is 0 Å². The first-order valence-corrected chi connectivity index (χ1v) is 3.59. The van der Waals surface area contributed by atoms with Gasteiger partial charge < -0.3 is 5.73 Å². The van der Waals surface area contributed by atoms with Crippen LogP contribution in [0.4, 0.5) is 0 Å². The van der Waals surface area contributed by atoms with Crippen molar-refractivity contribution < 1.29 is 0 Å². The molecule has 0 amide bonds. The first-order chi connectivity index (χ1) is 3.27. The van der Waals surface area contributed by atoms with Gasteiger partial charge in [0.1, 0.15) is 4.32 Å². The first kappa shape index (κ1) is 11.8. The molecule has 0 aromatic carbocycles. The van der Waals surface area contributed by atoms with Crippen molar-refractivity contribution in [1.82, 2.24) is 0 Å². The maximum absolute atomic E-state index is 5.17. The summed E-state index contributed by atoms with van der Waals surface area (Å²) >= 11 is 6.14. The lowest BCUT2D eigenvalue weighted by Gasteiger charge is -1.90. The average Bonchev–Trinajstić information content (AvgIpc) is 1.61. The fourth-order valence-electron chi connectivity index (χ4n) is 0.203. The van der Waals surface area contributed by atoms with Crippen molar-refractivity contribution >= 4 is 51.4 Å². The minimum absolute atomic E-state index is 0. The lowest BCUT2D eigenvalue weighted by Crippen LogP contribution is -2.01. The SMILES string of the molecule is CCCSC(N)=S.[MgH2].